The van der Waals surface area contributed by atoms with Crippen molar-refractivity contribution >= 4 is 33.4 Å². The Labute approximate surface area is 129 Å². The van der Waals surface area contributed by atoms with Crippen molar-refractivity contribution in [1.82, 2.24) is 5.32 Å². The highest BCUT2D eigenvalue weighted by atomic mass is 79.9. The predicted molar refractivity (Wildman–Crippen MR) is 81.9 cm³/mol. The molecule has 2 rings (SSSR count). The van der Waals surface area contributed by atoms with Crippen LogP contribution in [0.25, 0.3) is 0 Å². The molecule has 0 radical (unpaired) electrons. The van der Waals surface area contributed by atoms with E-state index >= 15 is 0 Å². The first kappa shape index (κ1) is 15.2. The molecule has 0 bridgehead atoms. The molecule has 0 aliphatic carbocycles. The zero-order valence-electron chi connectivity index (χ0n) is 11.1. The van der Waals surface area contributed by atoms with Crippen LogP contribution in [0.4, 0.5) is 10.1 Å². The molecule has 21 heavy (non-hydrogen) atoms. The van der Waals surface area contributed by atoms with E-state index in [1.54, 1.807) is 24.3 Å². The van der Waals surface area contributed by atoms with E-state index in [1.165, 1.54) is 19.2 Å². The summed E-state index contributed by atoms with van der Waals surface area (Å²) >= 11 is 3.03. The number of carbonyl (C=O) groups excluding carboxylic acids is 2. The lowest BCUT2D eigenvalue weighted by molar-refractivity contribution is 0.0961. The Balaban J connectivity index is 2.19. The van der Waals surface area contributed by atoms with Gasteiger partial charge >= 0.3 is 0 Å². The Bertz CT molecular complexity index is 704. The summed E-state index contributed by atoms with van der Waals surface area (Å²) < 4.78 is 13.7. The van der Waals surface area contributed by atoms with Gasteiger partial charge in [-0.2, -0.15) is 0 Å². The van der Waals surface area contributed by atoms with Crippen molar-refractivity contribution < 1.29 is 14.0 Å². The van der Waals surface area contributed by atoms with Crippen LogP contribution in [0, 0.1) is 5.82 Å². The van der Waals surface area contributed by atoms with Gasteiger partial charge in [0.1, 0.15) is 5.82 Å². The van der Waals surface area contributed by atoms with Crippen LogP contribution in [0.15, 0.2) is 46.9 Å². The van der Waals surface area contributed by atoms with Crippen molar-refractivity contribution in [3.8, 4) is 0 Å². The van der Waals surface area contributed by atoms with Crippen molar-refractivity contribution in [2.24, 2.45) is 0 Å². The zero-order valence-corrected chi connectivity index (χ0v) is 12.7. The first-order valence-corrected chi connectivity index (χ1v) is 6.89. The molecule has 4 nitrogen and oxygen atoms in total. The number of amides is 2. The van der Waals surface area contributed by atoms with Crippen molar-refractivity contribution in [2.75, 3.05) is 12.4 Å². The van der Waals surface area contributed by atoms with Crippen LogP contribution < -0.4 is 10.6 Å². The van der Waals surface area contributed by atoms with E-state index in [0.29, 0.717) is 15.7 Å². The molecule has 0 aromatic heterocycles. The van der Waals surface area contributed by atoms with Gasteiger partial charge in [-0.05, 0) is 52.3 Å². The summed E-state index contributed by atoms with van der Waals surface area (Å²) in [5.41, 5.74) is 1.09. The van der Waals surface area contributed by atoms with Crippen molar-refractivity contribution in [1.29, 1.82) is 0 Å². The number of hydrogen-bond acceptors (Lipinski definition) is 2. The smallest absolute Gasteiger partial charge is 0.255 e. The van der Waals surface area contributed by atoms with Gasteiger partial charge in [0.15, 0.2) is 0 Å². The fraction of sp³-hybridized carbons (Fsp3) is 0.0667. The third-order valence-electron chi connectivity index (χ3n) is 2.79. The van der Waals surface area contributed by atoms with E-state index < -0.39 is 11.7 Å². The highest BCUT2D eigenvalue weighted by Gasteiger charge is 2.10. The predicted octanol–water partition coefficient (Wildman–Crippen LogP) is 3.20. The Morgan fingerprint density at radius 3 is 2.43 bits per heavy atom. The number of anilines is 1. The largest absolute Gasteiger partial charge is 0.355 e. The number of benzene rings is 2. The van der Waals surface area contributed by atoms with Gasteiger partial charge in [-0.15, -0.1) is 0 Å². The monoisotopic (exact) mass is 350 g/mol. The van der Waals surface area contributed by atoms with Crippen molar-refractivity contribution in [3.05, 3.63) is 63.9 Å². The summed E-state index contributed by atoms with van der Waals surface area (Å²) in [5.74, 6) is -1.21. The molecule has 0 unspecified atom stereocenters. The number of nitrogens with one attached hydrogen (secondary N) is 2. The lowest BCUT2D eigenvalue weighted by Gasteiger charge is -2.07. The molecule has 2 amide bonds. The summed E-state index contributed by atoms with van der Waals surface area (Å²) in [7, 11) is 1.53. The third kappa shape index (κ3) is 3.66. The molecule has 2 N–H and O–H groups in total. The van der Waals surface area contributed by atoms with Gasteiger partial charge in [0.25, 0.3) is 11.8 Å². The standard InChI is InChI=1S/C15H12BrFN2O2/c1-18-14(20)9-3-2-4-11(7-9)19-15(21)10-5-6-12(16)13(17)8-10/h2-8H,1H3,(H,18,20)(H,19,21). The van der Waals surface area contributed by atoms with E-state index in [9.17, 15) is 14.0 Å². The van der Waals surface area contributed by atoms with E-state index in [2.05, 4.69) is 26.6 Å². The molecule has 0 saturated heterocycles. The molecule has 2 aromatic rings. The quantitative estimate of drug-likeness (QED) is 0.892. The van der Waals surface area contributed by atoms with Gasteiger partial charge in [-0.1, -0.05) is 6.07 Å². The van der Waals surface area contributed by atoms with Gasteiger partial charge in [0.05, 0.1) is 4.47 Å². The molecule has 0 aliphatic heterocycles. The lowest BCUT2D eigenvalue weighted by atomic mass is 10.1. The summed E-state index contributed by atoms with van der Waals surface area (Å²) in [6.07, 6.45) is 0. The van der Waals surface area contributed by atoms with Crippen LogP contribution in [0.5, 0.6) is 0 Å². The third-order valence-corrected chi connectivity index (χ3v) is 3.43. The van der Waals surface area contributed by atoms with Gasteiger partial charge < -0.3 is 10.6 Å². The molecule has 0 heterocycles. The molecule has 0 spiro atoms. The number of carbonyl (C=O) groups is 2. The van der Waals surface area contributed by atoms with Crippen LogP contribution in [0.2, 0.25) is 0 Å². The van der Waals surface area contributed by atoms with Gasteiger partial charge in [0.2, 0.25) is 0 Å². The summed E-state index contributed by atoms with van der Waals surface area (Å²) in [5, 5.41) is 5.12. The molecule has 0 atom stereocenters. The topological polar surface area (TPSA) is 58.2 Å². The Morgan fingerprint density at radius 1 is 1.05 bits per heavy atom. The van der Waals surface area contributed by atoms with Gasteiger partial charge in [-0.25, -0.2) is 4.39 Å². The van der Waals surface area contributed by atoms with Crippen molar-refractivity contribution in [2.45, 2.75) is 0 Å². The van der Waals surface area contributed by atoms with Crippen LogP contribution in [-0.4, -0.2) is 18.9 Å². The fourth-order valence-electron chi connectivity index (χ4n) is 1.72. The molecular weight excluding hydrogens is 339 g/mol. The SMILES string of the molecule is CNC(=O)c1cccc(NC(=O)c2ccc(Br)c(F)c2)c1. The minimum atomic E-state index is -0.512. The highest BCUT2D eigenvalue weighted by Crippen LogP contribution is 2.18. The lowest BCUT2D eigenvalue weighted by Crippen LogP contribution is -2.18. The van der Waals surface area contributed by atoms with Crippen LogP contribution in [0.1, 0.15) is 20.7 Å². The number of rotatable bonds is 3. The maximum Gasteiger partial charge on any atom is 0.255 e. The normalized spacial score (nSPS) is 10.0. The van der Waals surface area contributed by atoms with Crippen molar-refractivity contribution in [3.63, 3.8) is 0 Å². The summed E-state index contributed by atoms with van der Waals surface area (Å²) in [4.78, 5) is 23.6. The number of hydrogen-bond donors (Lipinski definition) is 2. The van der Waals surface area contributed by atoms with E-state index in [0.717, 1.165) is 6.07 Å². The van der Waals surface area contributed by atoms with Gasteiger partial charge in [0, 0.05) is 23.9 Å². The first-order valence-electron chi connectivity index (χ1n) is 6.10. The number of halogens is 2. The first-order chi connectivity index (χ1) is 10.0. The Kier molecular flexibility index (Phi) is 4.70. The fourth-order valence-corrected chi connectivity index (χ4v) is 1.97. The Morgan fingerprint density at radius 2 is 1.76 bits per heavy atom. The van der Waals surface area contributed by atoms with E-state index in [1.807, 2.05) is 0 Å². The molecule has 0 aliphatic rings. The molecule has 6 heteroatoms. The molecular formula is C15H12BrFN2O2. The van der Waals surface area contributed by atoms with Gasteiger partial charge in [-0.3, -0.25) is 9.59 Å². The van der Waals surface area contributed by atoms with Crippen LogP contribution in [0.3, 0.4) is 0 Å². The summed E-state index contributed by atoms with van der Waals surface area (Å²) in [6.45, 7) is 0. The minimum Gasteiger partial charge on any atom is -0.355 e. The molecule has 2 aromatic carbocycles. The maximum atomic E-state index is 13.4. The second-order valence-electron chi connectivity index (χ2n) is 4.24. The van der Waals surface area contributed by atoms with E-state index in [4.69, 9.17) is 0 Å². The second-order valence-corrected chi connectivity index (χ2v) is 5.10. The average Bonchev–Trinajstić information content (AvgIpc) is 2.49. The van der Waals surface area contributed by atoms with E-state index in [-0.39, 0.29) is 11.5 Å². The Hall–Kier alpha value is -2.21. The molecule has 0 fully saturated rings. The highest BCUT2D eigenvalue weighted by molar-refractivity contribution is 9.10. The minimum absolute atomic E-state index is 0.195. The van der Waals surface area contributed by atoms with Crippen LogP contribution >= 0.6 is 15.9 Å². The second kappa shape index (κ2) is 6.49. The average molecular weight is 351 g/mol. The maximum absolute atomic E-state index is 13.4. The van der Waals surface area contributed by atoms with Crippen LogP contribution in [-0.2, 0) is 0 Å². The molecule has 0 saturated carbocycles. The zero-order chi connectivity index (χ0) is 15.4. The summed E-state index contributed by atoms with van der Waals surface area (Å²) in [6, 6.07) is 10.6. The molecule has 108 valence electrons.